The van der Waals surface area contributed by atoms with Crippen LogP contribution in [0, 0.1) is 6.92 Å². The number of halogens is 2. The molecular weight excluding hydrogens is 301 g/mol. The smallest absolute Gasteiger partial charge is 0.244 e. The van der Waals surface area contributed by atoms with E-state index in [1.54, 1.807) is 6.92 Å². The summed E-state index contributed by atoms with van der Waals surface area (Å²) < 4.78 is 0. The normalized spacial score (nSPS) is 14.0. The lowest BCUT2D eigenvalue weighted by molar-refractivity contribution is -0.116. The number of phenolic OH excluding ortho intramolecular Hbond substituents is 1. The molecule has 1 aliphatic rings. The third-order valence-corrected chi connectivity index (χ3v) is 3.83. The minimum atomic E-state index is -0.253. The van der Waals surface area contributed by atoms with E-state index in [1.807, 2.05) is 29.2 Å². The number of phenols is 1. The molecule has 1 aromatic carbocycles. The molecule has 2 N–H and O–H groups in total. The Labute approximate surface area is 127 Å². The SMILES string of the molecule is Cc1c(Cl)cc(NC(=O)CN2C=CN(C)C2)c(O)c1Cl. The number of anilines is 1. The Hall–Kier alpha value is -1.59. The van der Waals surface area contributed by atoms with Crippen LogP contribution in [0.1, 0.15) is 5.56 Å². The zero-order valence-electron chi connectivity index (χ0n) is 11.2. The van der Waals surface area contributed by atoms with Gasteiger partial charge >= 0.3 is 0 Å². The molecule has 0 saturated heterocycles. The maximum atomic E-state index is 11.9. The second-order valence-electron chi connectivity index (χ2n) is 4.69. The number of amides is 1. The van der Waals surface area contributed by atoms with Crippen LogP contribution >= 0.6 is 23.2 Å². The fraction of sp³-hybridized carbons (Fsp3) is 0.308. The Morgan fingerprint density at radius 2 is 2.15 bits per heavy atom. The van der Waals surface area contributed by atoms with Gasteiger partial charge in [0.15, 0.2) is 5.75 Å². The highest BCUT2D eigenvalue weighted by Gasteiger charge is 2.17. The molecule has 108 valence electrons. The Kier molecular flexibility index (Phi) is 4.30. The van der Waals surface area contributed by atoms with Gasteiger partial charge in [0.1, 0.15) is 0 Å². The topological polar surface area (TPSA) is 55.8 Å². The summed E-state index contributed by atoms with van der Waals surface area (Å²) in [5.41, 5.74) is 0.792. The van der Waals surface area contributed by atoms with Gasteiger partial charge in [-0.05, 0) is 18.6 Å². The van der Waals surface area contributed by atoms with Crippen LogP contribution < -0.4 is 5.32 Å². The molecule has 1 aliphatic heterocycles. The quantitative estimate of drug-likeness (QED) is 0.842. The van der Waals surface area contributed by atoms with E-state index in [4.69, 9.17) is 23.2 Å². The van der Waals surface area contributed by atoms with Crippen LogP contribution in [0.15, 0.2) is 18.5 Å². The van der Waals surface area contributed by atoms with Crippen molar-refractivity contribution in [1.82, 2.24) is 9.80 Å². The summed E-state index contributed by atoms with van der Waals surface area (Å²) in [4.78, 5) is 15.7. The molecule has 0 aromatic heterocycles. The van der Waals surface area contributed by atoms with Crippen LogP contribution in [-0.2, 0) is 4.79 Å². The van der Waals surface area contributed by atoms with Gasteiger partial charge in [-0.25, -0.2) is 0 Å². The summed E-state index contributed by atoms with van der Waals surface area (Å²) >= 11 is 11.9. The zero-order chi connectivity index (χ0) is 14.9. The summed E-state index contributed by atoms with van der Waals surface area (Å²) in [6, 6.07) is 1.49. The summed E-state index contributed by atoms with van der Waals surface area (Å²) in [7, 11) is 1.92. The first kappa shape index (κ1) is 14.8. The van der Waals surface area contributed by atoms with E-state index in [1.165, 1.54) is 6.07 Å². The lowest BCUT2D eigenvalue weighted by Gasteiger charge is -2.18. The van der Waals surface area contributed by atoms with Crippen molar-refractivity contribution in [3.05, 3.63) is 34.1 Å². The number of carbonyl (C=O) groups is 1. The molecule has 0 radical (unpaired) electrons. The van der Waals surface area contributed by atoms with Crippen molar-refractivity contribution in [1.29, 1.82) is 0 Å². The lowest BCUT2D eigenvalue weighted by Crippen LogP contribution is -2.31. The van der Waals surface area contributed by atoms with Crippen molar-refractivity contribution in [3.63, 3.8) is 0 Å². The first-order valence-electron chi connectivity index (χ1n) is 5.98. The van der Waals surface area contributed by atoms with Gasteiger partial charge in [-0.3, -0.25) is 4.79 Å². The highest BCUT2D eigenvalue weighted by Crippen LogP contribution is 2.38. The second-order valence-corrected chi connectivity index (χ2v) is 5.47. The molecule has 20 heavy (non-hydrogen) atoms. The molecule has 0 unspecified atom stereocenters. The van der Waals surface area contributed by atoms with Gasteiger partial charge in [-0.1, -0.05) is 23.2 Å². The van der Waals surface area contributed by atoms with E-state index in [2.05, 4.69) is 5.32 Å². The fourth-order valence-electron chi connectivity index (χ4n) is 1.87. The van der Waals surface area contributed by atoms with E-state index in [0.29, 0.717) is 17.3 Å². The number of aromatic hydroxyl groups is 1. The van der Waals surface area contributed by atoms with Gasteiger partial charge in [0.2, 0.25) is 5.91 Å². The molecule has 0 atom stereocenters. The first-order valence-corrected chi connectivity index (χ1v) is 6.74. The molecule has 0 fully saturated rings. The molecule has 1 heterocycles. The monoisotopic (exact) mass is 315 g/mol. The molecule has 0 spiro atoms. The van der Waals surface area contributed by atoms with Gasteiger partial charge < -0.3 is 20.2 Å². The van der Waals surface area contributed by atoms with E-state index < -0.39 is 0 Å². The highest BCUT2D eigenvalue weighted by atomic mass is 35.5. The van der Waals surface area contributed by atoms with Crippen molar-refractivity contribution in [3.8, 4) is 5.75 Å². The van der Waals surface area contributed by atoms with Gasteiger partial charge in [0.05, 0.1) is 23.9 Å². The van der Waals surface area contributed by atoms with Crippen molar-refractivity contribution in [2.45, 2.75) is 6.92 Å². The van der Waals surface area contributed by atoms with Crippen LogP contribution in [0.2, 0.25) is 10.0 Å². The van der Waals surface area contributed by atoms with Crippen molar-refractivity contribution >= 4 is 34.8 Å². The Bertz CT molecular complexity index is 575. The summed E-state index contributed by atoms with van der Waals surface area (Å²) in [5.74, 6) is -0.424. The molecule has 0 bridgehead atoms. The summed E-state index contributed by atoms with van der Waals surface area (Å²) in [6.45, 7) is 2.53. The Balaban J connectivity index is 2.07. The number of hydrogen-bond donors (Lipinski definition) is 2. The van der Waals surface area contributed by atoms with Gasteiger partial charge in [0, 0.05) is 24.5 Å². The van der Waals surface area contributed by atoms with Crippen molar-refractivity contribution in [2.75, 3.05) is 25.6 Å². The van der Waals surface area contributed by atoms with Crippen LogP contribution in [0.4, 0.5) is 5.69 Å². The minimum absolute atomic E-state index is 0.147. The van der Waals surface area contributed by atoms with Crippen molar-refractivity contribution in [2.24, 2.45) is 0 Å². The Morgan fingerprint density at radius 1 is 1.45 bits per heavy atom. The second kappa shape index (κ2) is 5.81. The average molecular weight is 316 g/mol. The molecular formula is C13H15Cl2N3O2. The number of benzene rings is 1. The fourth-order valence-corrected chi connectivity index (χ4v) is 2.32. The summed E-state index contributed by atoms with van der Waals surface area (Å²) in [5, 5.41) is 13.1. The number of nitrogens with one attached hydrogen (secondary N) is 1. The number of rotatable bonds is 3. The minimum Gasteiger partial charge on any atom is -0.504 e. The van der Waals surface area contributed by atoms with Gasteiger partial charge in [-0.2, -0.15) is 0 Å². The first-order chi connectivity index (χ1) is 9.38. The molecule has 1 amide bonds. The van der Waals surface area contributed by atoms with E-state index in [0.717, 1.165) is 0 Å². The predicted octanol–water partition coefficient (Wildman–Crippen LogP) is 2.62. The average Bonchev–Trinajstić information content (AvgIpc) is 2.78. The Morgan fingerprint density at radius 3 is 2.75 bits per heavy atom. The maximum Gasteiger partial charge on any atom is 0.244 e. The maximum absolute atomic E-state index is 11.9. The van der Waals surface area contributed by atoms with E-state index >= 15 is 0 Å². The molecule has 7 heteroatoms. The van der Waals surface area contributed by atoms with Crippen LogP contribution in [0.5, 0.6) is 5.75 Å². The van der Waals surface area contributed by atoms with Crippen LogP contribution in [-0.4, -0.2) is 41.1 Å². The molecule has 5 nitrogen and oxygen atoms in total. The largest absolute Gasteiger partial charge is 0.504 e. The molecule has 2 rings (SSSR count). The van der Waals surface area contributed by atoms with Crippen molar-refractivity contribution < 1.29 is 9.90 Å². The third kappa shape index (κ3) is 3.11. The number of hydrogen-bond acceptors (Lipinski definition) is 4. The zero-order valence-corrected chi connectivity index (χ0v) is 12.7. The third-order valence-electron chi connectivity index (χ3n) is 2.98. The molecule has 1 aromatic rings. The van der Waals surface area contributed by atoms with Crippen LogP contribution in [0.3, 0.4) is 0 Å². The van der Waals surface area contributed by atoms with Gasteiger partial charge in [0.25, 0.3) is 0 Å². The number of carbonyl (C=O) groups excluding carboxylic acids is 1. The van der Waals surface area contributed by atoms with E-state index in [-0.39, 0.29) is 28.9 Å². The predicted molar refractivity (Wildman–Crippen MR) is 80.0 cm³/mol. The lowest BCUT2D eigenvalue weighted by atomic mass is 10.2. The highest BCUT2D eigenvalue weighted by molar-refractivity contribution is 6.37. The molecule has 0 aliphatic carbocycles. The standard InChI is InChI=1S/C13H15Cl2N3O2/c1-8-9(14)5-10(13(20)12(8)15)16-11(19)6-18-4-3-17(2)7-18/h3-5,20H,6-7H2,1-2H3,(H,16,19). The molecule has 0 saturated carbocycles. The van der Waals surface area contributed by atoms with Crippen LogP contribution in [0.25, 0.3) is 0 Å². The summed E-state index contributed by atoms with van der Waals surface area (Å²) in [6.07, 6.45) is 3.71. The van der Waals surface area contributed by atoms with E-state index in [9.17, 15) is 9.90 Å². The van der Waals surface area contributed by atoms with Gasteiger partial charge in [-0.15, -0.1) is 0 Å². The number of nitrogens with zero attached hydrogens (tertiary/aromatic N) is 2.